The number of hydrogen-bond donors (Lipinski definition) is 0. The average molecular weight is 773 g/mol. The number of benzene rings is 6. The van der Waals surface area contributed by atoms with Crippen LogP contribution < -0.4 is 21.2 Å². The molecule has 0 aromatic heterocycles. The van der Waals surface area contributed by atoms with Crippen LogP contribution in [-0.4, -0.2) is 49.3 Å². The number of nitrogens with zero attached hydrogens (tertiary/aromatic N) is 2. The molecule has 0 heterocycles. The van der Waals surface area contributed by atoms with Crippen LogP contribution in [0.2, 0.25) is 0 Å². The van der Waals surface area contributed by atoms with Gasteiger partial charge in [0.15, 0.2) is 0 Å². The smallest absolute Gasteiger partial charge is 0.0376 e. The van der Waals surface area contributed by atoms with Crippen LogP contribution in [0.3, 0.4) is 0 Å². The zero-order valence-corrected chi connectivity index (χ0v) is 35.5. The summed E-state index contributed by atoms with van der Waals surface area (Å²) in [6, 6.07) is 65.6. The minimum atomic E-state index is -0.631. The van der Waals surface area contributed by atoms with Gasteiger partial charge >= 0.3 is 0 Å². The molecule has 4 heteroatoms. The molecule has 0 saturated heterocycles. The molecule has 2 saturated carbocycles. The van der Waals surface area contributed by atoms with Gasteiger partial charge in [-0.1, -0.05) is 177 Å². The molecule has 7 atom stereocenters. The van der Waals surface area contributed by atoms with E-state index >= 15 is 0 Å². The third-order valence-corrected chi connectivity index (χ3v) is 18.7. The Balaban J connectivity index is 1.19. The Morgan fingerprint density at radius 1 is 0.429 bits per heavy atom. The summed E-state index contributed by atoms with van der Waals surface area (Å²) in [5.74, 6) is 1.16. The van der Waals surface area contributed by atoms with Crippen molar-refractivity contribution in [2.45, 2.75) is 61.9 Å². The fourth-order valence-corrected chi connectivity index (χ4v) is 17.0. The molecule has 6 aromatic rings. The van der Waals surface area contributed by atoms with Gasteiger partial charge in [0.2, 0.25) is 0 Å². The molecule has 4 unspecified atom stereocenters. The third kappa shape index (κ3) is 8.24. The molecule has 0 N–H and O–H groups in total. The largest absolute Gasteiger partial charge is 0.302 e. The van der Waals surface area contributed by atoms with Gasteiger partial charge < -0.3 is 9.80 Å². The fourth-order valence-electron chi connectivity index (χ4n) is 10.4. The summed E-state index contributed by atoms with van der Waals surface area (Å²) in [5.41, 5.74) is 6.88. The Bertz CT molecular complexity index is 2080. The lowest BCUT2D eigenvalue weighted by atomic mass is 9.89. The van der Waals surface area contributed by atoms with Gasteiger partial charge in [0.1, 0.15) is 0 Å². The lowest BCUT2D eigenvalue weighted by molar-refractivity contribution is 0.217. The Kier molecular flexibility index (Phi) is 12.6. The highest BCUT2D eigenvalue weighted by Crippen LogP contribution is 2.56. The van der Waals surface area contributed by atoms with Crippen molar-refractivity contribution in [2.24, 2.45) is 11.8 Å². The monoisotopic (exact) mass is 772 g/mol. The van der Waals surface area contributed by atoms with Crippen LogP contribution in [0.15, 0.2) is 170 Å². The predicted molar refractivity (Wildman–Crippen MR) is 245 cm³/mol. The SMILES string of the molecule is CN(C)[C@@H](c1ccccc1)C1CCCC1P(c1ccccc1)c1ccccc1-c1cccc([C@@H]([C@@H]2CCCC2P(c2ccccc2)c2ccccc2)N(C)C)c1. The van der Waals surface area contributed by atoms with E-state index < -0.39 is 15.8 Å². The zero-order chi connectivity index (χ0) is 38.4. The molecule has 0 bridgehead atoms. The summed E-state index contributed by atoms with van der Waals surface area (Å²) in [6.07, 6.45) is 7.68. The topological polar surface area (TPSA) is 6.48 Å². The second-order valence-corrected chi connectivity index (χ2v) is 21.3. The summed E-state index contributed by atoms with van der Waals surface area (Å²) in [4.78, 5) is 5.02. The fraction of sp³-hybridized carbons (Fsp3) is 0.308. The maximum absolute atomic E-state index is 2.57. The van der Waals surface area contributed by atoms with Crippen LogP contribution in [-0.2, 0) is 0 Å². The third-order valence-electron chi connectivity index (χ3n) is 12.6. The van der Waals surface area contributed by atoms with Gasteiger partial charge in [0.25, 0.3) is 0 Å². The molecule has 2 nitrogen and oxygen atoms in total. The van der Waals surface area contributed by atoms with Crippen molar-refractivity contribution in [2.75, 3.05) is 28.2 Å². The van der Waals surface area contributed by atoms with Crippen molar-refractivity contribution in [1.29, 1.82) is 0 Å². The van der Waals surface area contributed by atoms with Crippen molar-refractivity contribution in [3.63, 3.8) is 0 Å². The molecule has 6 aromatic carbocycles. The summed E-state index contributed by atoms with van der Waals surface area (Å²) in [7, 11) is 8.08. The normalized spacial score (nSPS) is 21.4. The molecule has 8 rings (SSSR count). The van der Waals surface area contributed by atoms with Gasteiger partial charge in [-0.05, 0) is 142 Å². The van der Waals surface area contributed by atoms with Gasteiger partial charge in [0.05, 0.1) is 0 Å². The molecule has 0 radical (unpaired) electrons. The Morgan fingerprint density at radius 2 is 0.857 bits per heavy atom. The van der Waals surface area contributed by atoms with Crippen LogP contribution in [0.1, 0.15) is 61.7 Å². The highest BCUT2D eigenvalue weighted by Gasteiger charge is 2.43. The Morgan fingerprint density at radius 3 is 1.39 bits per heavy atom. The second kappa shape index (κ2) is 18.1. The summed E-state index contributed by atoms with van der Waals surface area (Å²) in [6.45, 7) is 0. The van der Waals surface area contributed by atoms with E-state index in [-0.39, 0.29) is 0 Å². The molecule has 56 heavy (non-hydrogen) atoms. The minimum absolute atomic E-state index is 0.341. The quantitative estimate of drug-likeness (QED) is 0.108. The zero-order valence-electron chi connectivity index (χ0n) is 33.7. The van der Waals surface area contributed by atoms with E-state index in [0.717, 1.165) is 0 Å². The maximum atomic E-state index is 2.57. The molecule has 2 aliphatic rings. The predicted octanol–water partition coefficient (Wildman–Crippen LogP) is 11.2. The van der Waals surface area contributed by atoms with E-state index in [0.29, 0.717) is 35.2 Å². The number of hydrogen-bond acceptors (Lipinski definition) is 2. The molecule has 2 aliphatic carbocycles. The van der Waals surface area contributed by atoms with Crippen molar-refractivity contribution in [1.82, 2.24) is 9.80 Å². The summed E-state index contributed by atoms with van der Waals surface area (Å²) in [5, 5.41) is 6.05. The summed E-state index contributed by atoms with van der Waals surface area (Å²) < 4.78 is 0. The summed E-state index contributed by atoms with van der Waals surface area (Å²) >= 11 is 0. The first-order chi connectivity index (χ1) is 27.5. The first-order valence-corrected chi connectivity index (χ1v) is 23.6. The minimum Gasteiger partial charge on any atom is -0.302 e. The van der Waals surface area contributed by atoms with E-state index in [9.17, 15) is 0 Å². The second-order valence-electron chi connectivity index (χ2n) is 16.4. The van der Waals surface area contributed by atoms with Crippen molar-refractivity contribution >= 4 is 37.1 Å². The van der Waals surface area contributed by atoms with Crippen LogP contribution >= 0.6 is 15.8 Å². The van der Waals surface area contributed by atoms with Gasteiger partial charge in [0, 0.05) is 12.1 Å². The molecule has 2 fully saturated rings. The standard InChI is InChI=1S/C52H58N2P2/c1-53(2)51(39-22-9-5-10-23-39)47-34-21-37-50(47)56(44-30-15-8-16-31-44)48-35-18-17-32-45(48)40-24-19-25-41(38-40)52(54(3)4)46-33-20-36-49(46)55(42-26-11-6-12-27-42)43-28-13-7-14-29-43/h5-19,22-32,35,38,46-47,49-52H,20-21,33-34,36-37H2,1-4H3/t46-,47?,49?,50?,51+,52+,56?/m1/s1. The molecule has 0 spiro atoms. The average Bonchev–Trinajstić information content (AvgIpc) is 3.90. The van der Waals surface area contributed by atoms with Gasteiger partial charge in [-0.2, -0.15) is 0 Å². The van der Waals surface area contributed by atoms with Crippen LogP contribution in [0.25, 0.3) is 11.1 Å². The highest BCUT2D eigenvalue weighted by atomic mass is 31.1. The Labute approximate surface area is 339 Å². The van der Waals surface area contributed by atoms with Gasteiger partial charge in [-0.25, -0.2) is 0 Å². The van der Waals surface area contributed by atoms with Crippen molar-refractivity contribution in [3.8, 4) is 11.1 Å². The van der Waals surface area contributed by atoms with Crippen LogP contribution in [0, 0.1) is 11.8 Å². The first-order valence-electron chi connectivity index (χ1n) is 20.8. The van der Waals surface area contributed by atoms with E-state index in [4.69, 9.17) is 0 Å². The van der Waals surface area contributed by atoms with Crippen LogP contribution in [0.4, 0.5) is 0 Å². The van der Waals surface area contributed by atoms with Gasteiger partial charge in [-0.3, -0.25) is 0 Å². The first kappa shape index (κ1) is 38.9. The lowest BCUT2D eigenvalue weighted by Crippen LogP contribution is -2.34. The Hall–Kier alpha value is -3.90. The molecular weight excluding hydrogens is 715 g/mol. The molecular formula is C52H58N2P2. The molecule has 286 valence electrons. The van der Waals surface area contributed by atoms with Crippen molar-refractivity contribution in [3.05, 3.63) is 181 Å². The maximum Gasteiger partial charge on any atom is 0.0376 e. The van der Waals surface area contributed by atoms with E-state index in [1.54, 1.807) is 0 Å². The van der Waals surface area contributed by atoms with E-state index in [1.807, 2.05) is 0 Å². The van der Waals surface area contributed by atoms with E-state index in [2.05, 4.69) is 208 Å². The molecule has 0 aliphatic heterocycles. The highest BCUT2D eigenvalue weighted by molar-refractivity contribution is 7.74. The lowest BCUT2D eigenvalue weighted by Gasteiger charge is -2.39. The van der Waals surface area contributed by atoms with Gasteiger partial charge in [-0.15, -0.1) is 0 Å². The van der Waals surface area contributed by atoms with Crippen molar-refractivity contribution < 1.29 is 0 Å². The number of rotatable bonds is 13. The van der Waals surface area contributed by atoms with E-state index in [1.165, 1.54) is 82.0 Å². The van der Waals surface area contributed by atoms with Crippen LogP contribution in [0.5, 0.6) is 0 Å². The molecule has 0 amide bonds.